The van der Waals surface area contributed by atoms with E-state index in [0.717, 1.165) is 25.9 Å². The Morgan fingerprint density at radius 1 is 1.36 bits per heavy atom. The van der Waals surface area contributed by atoms with Gasteiger partial charge in [-0.3, -0.25) is 4.79 Å². The zero-order chi connectivity index (χ0) is 19.9. The highest BCUT2D eigenvalue weighted by atomic mass is 16.5. The molecule has 2 unspecified atom stereocenters. The van der Waals surface area contributed by atoms with E-state index >= 15 is 0 Å². The molecule has 0 radical (unpaired) electrons. The summed E-state index contributed by atoms with van der Waals surface area (Å²) in [6, 6.07) is 3.38. The fourth-order valence-corrected chi connectivity index (χ4v) is 3.64. The first-order chi connectivity index (χ1) is 13.6. The third-order valence-corrected chi connectivity index (χ3v) is 5.26. The van der Waals surface area contributed by atoms with Gasteiger partial charge in [0.25, 0.3) is 5.91 Å². The molecule has 28 heavy (non-hydrogen) atoms. The molecule has 8 heteroatoms. The molecule has 0 saturated carbocycles. The van der Waals surface area contributed by atoms with Crippen LogP contribution in [-0.4, -0.2) is 80.2 Å². The molecule has 1 aromatic rings. The first-order valence-corrected chi connectivity index (χ1v) is 9.89. The van der Waals surface area contributed by atoms with Gasteiger partial charge in [-0.25, -0.2) is 0 Å². The summed E-state index contributed by atoms with van der Waals surface area (Å²) >= 11 is 0. The van der Waals surface area contributed by atoms with Crippen LogP contribution in [0.15, 0.2) is 12.1 Å². The van der Waals surface area contributed by atoms with Gasteiger partial charge in [-0.2, -0.15) is 0 Å². The fourth-order valence-electron chi connectivity index (χ4n) is 3.64. The van der Waals surface area contributed by atoms with E-state index in [1.165, 1.54) is 0 Å². The van der Waals surface area contributed by atoms with Crippen molar-refractivity contribution >= 4 is 5.91 Å². The van der Waals surface area contributed by atoms with Gasteiger partial charge < -0.3 is 34.6 Å². The molecule has 156 valence electrons. The second-order valence-corrected chi connectivity index (χ2v) is 7.26. The van der Waals surface area contributed by atoms with E-state index in [4.69, 9.17) is 19.3 Å². The van der Waals surface area contributed by atoms with Crippen LogP contribution < -0.4 is 19.5 Å². The molecule has 1 saturated heterocycles. The largest absolute Gasteiger partial charge is 0.497 e. The van der Waals surface area contributed by atoms with Crippen molar-refractivity contribution in [1.29, 1.82) is 0 Å². The Morgan fingerprint density at radius 3 is 2.93 bits per heavy atom. The minimum atomic E-state index is -0.505. The number of methoxy groups -OCH3 is 1. The van der Waals surface area contributed by atoms with Crippen LogP contribution in [0.2, 0.25) is 0 Å². The van der Waals surface area contributed by atoms with Crippen LogP contribution in [0.5, 0.6) is 17.2 Å². The Balaban J connectivity index is 1.62. The van der Waals surface area contributed by atoms with E-state index < -0.39 is 6.10 Å². The average molecular weight is 394 g/mol. The maximum Gasteiger partial charge on any atom is 0.255 e. The van der Waals surface area contributed by atoms with Gasteiger partial charge in [0.15, 0.2) is 11.5 Å². The number of benzene rings is 1. The van der Waals surface area contributed by atoms with Crippen molar-refractivity contribution < 1.29 is 29.2 Å². The van der Waals surface area contributed by atoms with E-state index in [2.05, 4.69) is 10.2 Å². The van der Waals surface area contributed by atoms with E-state index in [-0.39, 0.29) is 18.4 Å². The highest BCUT2D eigenvalue weighted by Crippen LogP contribution is 2.37. The number of hydrogen-bond donors (Lipinski definition) is 3. The predicted molar refractivity (Wildman–Crippen MR) is 103 cm³/mol. The lowest BCUT2D eigenvalue weighted by Crippen LogP contribution is -2.47. The highest BCUT2D eigenvalue weighted by molar-refractivity contribution is 5.98. The van der Waals surface area contributed by atoms with Crippen molar-refractivity contribution in [2.45, 2.75) is 25.4 Å². The van der Waals surface area contributed by atoms with E-state index in [1.807, 2.05) is 0 Å². The standard InChI is InChI=1S/C20H30N2O6/c1-26-15-10-16(19-18(11-15)27-8-3-9-28-19)20(25)21-12-14-4-6-22(5-2-7-23)13-17(14)24/h10-11,14,17,23-24H,2-9,12-13H2,1H3,(H,21,25). The van der Waals surface area contributed by atoms with Crippen LogP contribution >= 0.6 is 0 Å². The van der Waals surface area contributed by atoms with E-state index in [1.54, 1.807) is 19.2 Å². The monoisotopic (exact) mass is 394 g/mol. The van der Waals surface area contributed by atoms with Gasteiger partial charge in [-0.1, -0.05) is 0 Å². The van der Waals surface area contributed by atoms with Gasteiger partial charge in [0, 0.05) is 44.6 Å². The number of ether oxygens (including phenoxy) is 3. The first kappa shape index (κ1) is 20.7. The second kappa shape index (κ2) is 9.95. The number of aliphatic hydroxyl groups excluding tert-OH is 2. The molecule has 2 aliphatic rings. The maximum atomic E-state index is 12.8. The number of hydrogen-bond acceptors (Lipinski definition) is 7. The number of β-amino-alcohol motifs (C(OH)–C–C–N with tert-alkyl or cyclic N) is 1. The minimum absolute atomic E-state index is 0.00398. The summed E-state index contributed by atoms with van der Waals surface area (Å²) in [5.41, 5.74) is 0.381. The van der Waals surface area contributed by atoms with Crippen molar-refractivity contribution in [3.05, 3.63) is 17.7 Å². The normalized spacial score (nSPS) is 22.4. The van der Waals surface area contributed by atoms with E-state index in [9.17, 15) is 9.90 Å². The van der Waals surface area contributed by atoms with Gasteiger partial charge in [-0.15, -0.1) is 0 Å². The molecule has 1 fully saturated rings. The van der Waals surface area contributed by atoms with Crippen molar-refractivity contribution in [1.82, 2.24) is 10.2 Å². The average Bonchev–Trinajstić information content (AvgIpc) is 2.95. The molecule has 2 atom stereocenters. The molecule has 1 amide bonds. The van der Waals surface area contributed by atoms with Crippen molar-refractivity contribution in [2.24, 2.45) is 5.92 Å². The molecule has 3 N–H and O–H groups in total. The van der Waals surface area contributed by atoms with Crippen LogP contribution in [0.4, 0.5) is 0 Å². The number of carbonyl (C=O) groups excluding carboxylic acids is 1. The highest BCUT2D eigenvalue weighted by Gasteiger charge is 2.28. The van der Waals surface area contributed by atoms with Gasteiger partial charge >= 0.3 is 0 Å². The van der Waals surface area contributed by atoms with Gasteiger partial charge in [0.1, 0.15) is 5.75 Å². The smallest absolute Gasteiger partial charge is 0.255 e. The van der Waals surface area contributed by atoms with Crippen molar-refractivity contribution in [3.63, 3.8) is 0 Å². The summed E-state index contributed by atoms with van der Waals surface area (Å²) < 4.78 is 16.7. The zero-order valence-corrected chi connectivity index (χ0v) is 16.4. The number of nitrogens with one attached hydrogen (secondary N) is 1. The number of nitrogens with zero attached hydrogens (tertiary/aromatic N) is 1. The van der Waals surface area contributed by atoms with Crippen LogP contribution in [0.1, 0.15) is 29.6 Å². The molecule has 0 spiro atoms. The molecule has 3 rings (SSSR count). The third kappa shape index (κ3) is 5.06. The lowest BCUT2D eigenvalue weighted by molar-refractivity contribution is 0.0201. The minimum Gasteiger partial charge on any atom is -0.497 e. The number of aliphatic hydroxyl groups is 2. The van der Waals surface area contributed by atoms with Gasteiger partial charge in [0.2, 0.25) is 0 Å². The summed E-state index contributed by atoms with van der Waals surface area (Å²) in [5, 5.41) is 22.3. The molecule has 1 aromatic carbocycles. The first-order valence-electron chi connectivity index (χ1n) is 9.89. The molecule has 0 aliphatic carbocycles. The maximum absolute atomic E-state index is 12.8. The Kier molecular flexibility index (Phi) is 7.36. The van der Waals surface area contributed by atoms with Crippen molar-refractivity contribution in [3.8, 4) is 17.2 Å². The lowest BCUT2D eigenvalue weighted by Gasteiger charge is -2.36. The zero-order valence-electron chi connectivity index (χ0n) is 16.4. The Bertz CT molecular complexity index is 668. The Labute approximate surface area is 165 Å². The number of likely N-dealkylation sites (tertiary alicyclic amines) is 1. The summed E-state index contributed by atoms with van der Waals surface area (Å²) in [4.78, 5) is 15.0. The quantitative estimate of drug-likeness (QED) is 0.624. The molecule has 2 heterocycles. The van der Waals surface area contributed by atoms with Gasteiger partial charge in [-0.05, 0) is 25.5 Å². The molecule has 0 bridgehead atoms. The van der Waals surface area contributed by atoms with Gasteiger partial charge in [0.05, 0.1) is 32.0 Å². The van der Waals surface area contributed by atoms with Crippen molar-refractivity contribution in [2.75, 3.05) is 53.1 Å². The third-order valence-electron chi connectivity index (χ3n) is 5.26. The summed E-state index contributed by atoms with van der Waals surface area (Å²) in [6.07, 6.45) is 1.74. The number of piperidine rings is 1. The number of carbonyl (C=O) groups is 1. The van der Waals surface area contributed by atoms with Crippen LogP contribution in [-0.2, 0) is 0 Å². The molecular weight excluding hydrogens is 364 g/mol. The second-order valence-electron chi connectivity index (χ2n) is 7.26. The fraction of sp³-hybridized carbons (Fsp3) is 0.650. The SMILES string of the molecule is COc1cc2c(c(C(=O)NCC3CCN(CCCO)CC3O)c1)OCCCO2. The molecule has 8 nitrogen and oxygen atoms in total. The Hall–Kier alpha value is -2.03. The number of rotatable bonds is 7. The number of fused-ring (bicyclic) bond motifs is 1. The van der Waals surface area contributed by atoms with E-state index in [0.29, 0.717) is 55.5 Å². The summed E-state index contributed by atoms with van der Waals surface area (Å²) in [7, 11) is 1.54. The molecule has 0 aromatic heterocycles. The van der Waals surface area contributed by atoms with Crippen LogP contribution in [0, 0.1) is 5.92 Å². The topological polar surface area (TPSA) is 100 Å². The Morgan fingerprint density at radius 2 is 2.18 bits per heavy atom. The van der Waals surface area contributed by atoms with Crippen LogP contribution in [0.3, 0.4) is 0 Å². The summed E-state index contributed by atoms with van der Waals surface area (Å²) in [6.45, 7) is 3.76. The molecule has 2 aliphatic heterocycles. The lowest BCUT2D eigenvalue weighted by atomic mass is 9.93. The predicted octanol–water partition coefficient (Wildman–Crippen LogP) is 0.652. The molecular formula is C20H30N2O6. The number of amides is 1. The van der Waals surface area contributed by atoms with Crippen LogP contribution in [0.25, 0.3) is 0 Å². The summed E-state index contributed by atoms with van der Waals surface area (Å²) in [5.74, 6) is 1.22.